The third-order valence-corrected chi connectivity index (χ3v) is 4.31. The van der Waals surface area contributed by atoms with Crippen LogP contribution in [0, 0.1) is 13.8 Å². The second-order valence-electron chi connectivity index (χ2n) is 6.65. The SMILES string of the molecule is CCC(C)(C)NC(=O)c1ccc(OCc2c(C)noc2C)c(OC)c1. The molecular formula is C19H26N2O4. The molecule has 1 aromatic heterocycles. The number of hydrogen-bond donors (Lipinski definition) is 1. The summed E-state index contributed by atoms with van der Waals surface area (Å²) < 4.78 is 16.3. The quantitative estimate of drug-likeness (QED) is 0.825. The van der Waals surface area contributed by atoms with Gasteiger partial charge in [-0.3, -0.25) is 4.79 Å². The van der Waals surface area contributed by atoms with Gasteiger partial charge in [0.05, 0.1) is 18.4 Å². The highest BCUT2D eigenvalue weighted by molar-refractivity contribution is 5.95. The minimum Gasteiger partial charge on any atom is -0.493 e. The Balaban J connectivity index is 2.15. The first kappa shape index (κ1) is 18.8. The van der Waals surface area contributed by atoms with Crippen molar-refractivity contribution in [1.82, 2.24) is 10.5 Å². The van der Waals surface area contributed by atoms with E-state index in [1.807, 2.05) is 34.6 Å². The minimum absolute atomic E-state index is 0.137. The van der Waals surface area contributed by atoms with Crippen molar-refractivity contribution in [3.8, 4) is 11.5 Å². The summed E-state index contributed by atoms with van der Waals surface area (Å²) in [4.78, 5) is 12.4. The molecule has 6 heteroatoms. The molecule has 6 nitrogen and oxygen atoms in total. The molecule has 1 N–H and O–H groups in total. The molecule has 136 valence electrons. The van der Waals surface area contributed by atoms with Crippen molar-refractivity contribution in [3.63, 3.8) is 0 Å². The molecule has 0 radical (unpaired) electrons. The van der Waals surface area contributed by atoms with Gasteiger partial charge in [-0.15, -0.1) is 0 Å². The second kappa shape index (κ2) is 7.59. The van der Waals surface area contributed by atoms with Crippen LogP contribution in [0.2, 0.25) is 0 Å². The Labute approximate surface area is 148 Å². The van der Waals surface area contributed by atoms with Crippen LogP contribution in [0.25, 0.3) is 0 Å². The molecule has 0 bridgehead atoms. The number of carbonyl (C=O) groups is 1. The van der Waals surface area contributed by atoms with E-state index in [-0.39, 0.29) is 11.4 Å². The first-order valence-electron chi connectivity index (χ1n) is 8.32. The monoisotopic (exact) mass is 346 g/mol. The molecule has 0 aliphatic heterocycles. The molecule has 1 aromatic carbocycles. The highest BCUT2D eigenvalue weighted by Gasteiger charge is 2.20. The maximum absolute atomic E-state index is 12.4. The summed E-state index contributed by atoms with van der Waals surface area (Å²) in [6, 6.07) is 5.15. The lowest BCUT2D eigenvalue weighted by Gasteiger charge is -2.24. The maximum Gasteiger partial charge on any atom is 0.251 e. The number of rotatable bonds is 7. The lowest BCUT2D eigenvalue weighted by Crippen LogP contribution is -2.42. The summed E-state index contributed by atoms with van der Waals surface area (Å²) in [5.41, 5.74) is 1.98. The molecule has 0 unspecified atom stereocenters. The molecule has 0 aliphatic carbocycles. The van der Waals surface area contributed by atoms with Crippen LogP contribution in [-0.2, 0) is 6.61 Å². The van der Waals surface area contributed by atoms with Crippen molar-refractivity contribution in [2.24, 2.45) is 0 Å². The van der Waals surface area contributed by atoms with Crippen LogP contribution in [0.5, 0.6) is 11.5 Å². The molecular weight excluding hydrogens is 320 g/mol. The number of aromatic nitrogens is 1. The molecule has 25 heavy (non-hydrogen) atoms. The summed E-state index contributed by atoms with van der Waals surface area (Å²) >= 11 is 0. The van der Waals surface area contributed by atoms with Gasteiger partial charge in [-0.05, 0) is 52.3 Å². The molecule has 0 saturated carbocycles. The summed E-state index contributed by atoms with van der Waals surface area (Å²) in [5, 5.41) is 6.92. The first-order valence-corrected chi connectivity index (χ1v) is 8.32. The smallest absolute Gasteiger partial charge is 0.251 e. The average molecular weight is 346 g/mol. The van der Waals surface area contributed by atoms with Crippen LogP contribution >= 0.6 is 0 Å². The fraction of sp³-hybridized carbons (Fsp3) is 0.474. The lowest BCUT2D eigenvalue weighted by molar-refractivity contribution is 0.0911. The highest BCUT2D eigenvalue weighted by atomic mass is 16.5. The van der Waals surface area contributed by atoms with Gasteiger partial charge >= 0.3 is 0 Å². The van der Waals surface area contributed by atoms with E-state index in [0.717, 1.165) is 23.4 Å². The van der Waals surface area contributed by atoms with E-state index < -0.39 is 0 Å². The molecule has 2 rings (SSSR count). The Morgan fingerprint density at radius 2 is 2.00 bits per heavy atom. The number of methoxy groups -OCH3 is 1. The number of nitrogens with zero attached hydrogens (tertiary/aromatic N) is 1. The lowest BCUT2D eigenvalue weighted by atomic mass is 10.0. The predicted octanol–water partition coefficient (Wildman–Crippen LogP) is 3.80. The van der Waals surface area contributed by atoms with Gasteiger partial charge < -0.3 is 19.3 Å². The van der Waals surface area contributed by atoms with E-state index in [0.29, 0.717) is 23.7 Å². The van der Waals surface area contributed by atoms with Gasteiger partial charge in [0, 0.05) is 11.1 Å². The van der Waals surface area contributed by atoms with Gasteiger partial charge in [-0.25, -0.2) is 0 Å². The van der Waals surface area contributed by atoms with Crippen LogP contribution in [0.4, 0.5) is 0 Å². The summed E-state index contributed by atoms with van der Waals surface area (Å²) in [6.45, 7) is 10.1. The number of hydrogen-bond acceptors (Lipinski definition) is 5. The minimum atomic E-state index is -0.261. The van der Waals surface area contributed by atoms with E-state index in [9.17, 15) is 4.79 Å². The third-order valence-electron chi connectivity index (χ3n) is 4.31. The van der Waals surface area contributed by atoms with E-state index in [4.69, 9.17) is 14.0 Å². The van der Waals surface area contributed by atoms with Crippen molar-refractivity contribution in [2.75, 3.05) is 7.11 Å². The molecule has 0 fully saturated rings. The zero-order valence-corrected chi connectivity index (χ0v) is 15.7. The van der Waals surface area contributed by atoms with Crippen molar-refractivity contribution in [2.45, 2.75) is 53.2 Å². The second-order valence-corrected chi connectivity index (χ2v) is 6.65. The van der Waals surface area contributed by atoms with Crippen LogP contribution in [0.3, 0.4) is 0 Å². The Morgan fingerprint density at radius 3 is 2.56 bits per heavy atom. The fourth-order valence-corrected chi connectivity index (χ4v) is 2.25. The Kier molecular flexibility index (Phi) is 5.72. The van der Waals surface area contributed by atoms with Gasteiger partial charge in [0.1, 0.15) is 12.4 Å². The first-order chi connectivity index (χ1) is 11.8. The Bertz CT molecular complexity index is 730. The molecule has 1 heterocycles. The summed E-state index contributed by atoms with van der Waals surface area (Å²) in [6.07, 6.45) is 0.842. The van der Waals surface area contributed by atoms with Crippen molar-refractivity contribution >= 4 is 5.91 Å². The van der Waals surface area contributed by atoms with Crippen molar-refractivity contribution < 1.29 is 18.8 Å². The molecule has 0 atom stereocenters. The molecule has 0 aliphatic rings. The largest absolute Gasteiger partial charge is 0.493 e. The van der Waals surface area contributed by atoms with E-state index in [1.54, 1.807) is 25.3 Å². The fourth-order valence-electron chi connectivity index (χ4n) is 2.25. The normalized spacial score (nSPS) is 11.3. The number of amides is 1. The van der Waals surface area contributed by atoms with E-state index in [1.165, 1.54) is 0 Å². The number of benzene rings is 1. The third kappa shape index (κ3) is 4.53. The van der Waals surface area contributed by atoms with E-state index >= 15 is 0 Å². The molecule has 2 aromatic rings. The Hall–Kier alpha value is -2.50. The number of aryl methyl sites for hydroxylation is 2. The zero-order chi connectivity index (χ0) is 18.6. The number of nitrogens with one attached hydrogen (secondary N) is 1. The van der Waals surface area contributed by atoms with Gasteiger partial charge in [-0.2, -0.15) is 0 Å². The average Bonchev–Trinajstić information content (AvgIpc) is 2.90. The standard InChI is InChI=1S/C19H26N2O4/c1-7-19(4,5)20-18(22)14-8-9-16(17(10-14)23-6)24-11-15-12(2)21-25-13(15)3/h8-10H,7,11H2,1-6H3,(H,20,22). The number of carbonyl (C=O) groups excluding carboxylic acids is 1. The zero-order valence-electron chi connectivity index (χ0n) is 15.7. The summed E-state index contributed by atoms with van der Waals surface area (Å²) in [5.74, 6) is 1.67. The van der Waals surface area contributed by atoms with Crippen LogP contribution in [0.1, 0.15) is 54.6 Å². The van der Waals surface area contributed by atoms with Gasteiger partial charge in [-0.1, -0.05) is 12.1 Å². The van der Waals surface area contributed by atoms with Crippen molar-refractivity contribution in [1.29, 1.82) is 0 Å². The Morgan fingerprint density at radius 1 is 1.28 bits per heavy atom. The van der Waals surface area contributed by atoms with Crippen LogP contribution in [0.15, 0.2) is 22.7 Å². The molecule has 0 spiro atoms. The van der Waals surface area contributed by atoms with Crippen molar-refractivity contribution in [3.05, 3.63) is 40.8 Å². The predicted molar refractivity (Wildman–Crippen MR) is 95.1 cm³/mol. The highest BCUT2D eigenvalue weighted by Crippen LogP contribution is 2.29. The van der Waals surface area contributed by atoms with E-state index in [2.05, 4.69) is 10.5 Å². The topological polar surface area (TPSA) is 73.6 Å². The van der Waals surface area contributed by atoms with Gasteiger partial charge in [0.15, 0.2) is 11.5 Å². The summed E-state index contributed by atoms with van der Waals surface area (Å²) in [7, 11) is 1.55. The molecule has 1 amide bonds. The van der Waals surface area contributed by atoms with Gasteiger partial charge in [0.25, 0.3) is 5.91 Å². The number of ether oxygens (including phenoxy) is 2. The molecule has 0 saturated heterocycles. The van der Waals surface area contributed by atoms with Crippen LogP contribution in [-0.4, -0.2) is 23.7 Å². The van der Waals surface area contributed by atoms with Crippen LogP contribution < -0.4 is 14.8 Å². The maximum atomic E-state index is 12.4. The van der Waals surface area contributed by atoms with Gasteiger partial charge in [0.2, 0.25) is 0 Å².